The summed E-state index contributed by atoms with van der Waals surface area (Å²) in [6, 6.07) is 6.22. The molecule has 2 amide bonds. The van der Waals surface area contributed by atoms with Gasteiger partial charge >= 0.3 is 12.0 Å². The summed E-state index contributed by atoms with van der Waals surface area (Å²) in [5, 5.41) is 12.2. The van der Waals surface area contributed by atoms with E-state index >= 15 is 0 Å². The lowest BCUT2D eigenvalue weighted by molar-refractivity contribution is -0.141. The molecule has 0 spiro atoms. The van der Waals surface area contributed by atoms with Crippen LogP contribution >= 0.6 is 11.3 Å². The molecular weight excluding hydrogens is 345 g/mol. The van der Waals surface area contributed by atoms with Gasteiger partial charge in [-0.3, -0.25) is 10.1 Å². The molecule has 132 valence electrons. The summed E-state index contributed by atoms with van der Waals surface area (Å²) in [6.45, 7) is 2.43. The summed E-state index contributed by atoms with van der Waals surface area (Å²) in [6.07, 6.45) is 0.870. The lowest BCUT2D eigenvalue weighted by Gasteiger charge is -2.15. The van der Waals surface area contributed by atoms with Gasteiger partial charge in [-0.15, -0.1) is 11.3 Å². The lowest BCUT2D eigenvalue weighted by atomic mass is 10.1. The maximum atomic E-state index is 13.8. The number of thiazole rings is 1. The Balaban J connectivity index is 1.65. The fourth-order valence-electron chi connectivity index (χ4n) is 2.78. The molecule has 3 rings (SSSR count). The Kier molecular flexibility index (Phi) is 4.98. The number of aromatic nitrogens is 1. The lowest BCUT2D eigenvalue weighted by Crippen LogP contribution is -2.33. The Morgan fingerprint density at radius 1 is 1.44 bits per heavy atom. The molecule has 1 aromatic carbocycles. The molecular formula is C17H18FN3O3S. The number of carboxylic acid groups (broad SMARTS) is 1. The van der Waals surface area contributed by atoms with E-state index in [1.807, 2.05) is 6.92 Å². The molecule has 0 radical (unpaired) electrons. The number of aryl methyl sites for hydroxylation is 1. The maximum Gasteiger partial charge on any atom is 0.323 e. The van der Waals surface area contributed by atoms with Crippen molar-refractivity contribution in [1.29, 1.82) is 0 Å². The van der Waals surface area contributed by atoms with Crippen LogP contribution in [0.25, 0.3) is 0 Å². The number of nitrogens with one attached hydrogen (secondary N) is 1. The van der Waals surface area contributed by atoms with E-state index in [2.05, 4.69) is 10.3 Å². The van der Waals surface area contributed by atoms with Crippen molar-refractivity contribution >= 4 is 28.5 Å². The van der Waals surface area contributed by atoms with Crippen LogP contribution in [0, 0.1) is 18.7 Å². The van der Waals surface area contributed by atoms with E-state index in [9.17, 15) is 14.0 Å². The van der Waals surface area contributed by atoms with E-state index in [0.29, 0.717) is 30.1 Å². The predicted octanol–water partition coefficient (Wildman–Crippen LogP) is 3.12. The van der Waals surface area contributed by atoms with Crippen LogP contribution in [0.5, 0.6) is 0 Å². The van der Waals surface area contributed by atoms with E-state index in [0.717, 1.165) is 10.6 Å². The van der Waals surface area contributed by atoms with Crippen molar-refractivity contribution in [2.75, 3.05) is 18.4 Å². The third kappa shape index (κ3) is 3.96. The number of likely N-dealkylation sites (tertiary alicyclic amines) is 1. The number of hydrogen-bond acceptors (Lipinski definition) is 4. The molecule has 1 unspecified atom stereocenters. The number of carbonyl (C=O) groups excluding carboxylic acids is 1. The number of halogens is 1. The predicted molar refractivity (Wildman–Crippen MR) is 92.4 cm³/mol. The van der Waals surface area contributed by atoms with Gasteiger partial charge in [0.25, 0.3) is 0 Å². The SMILES string of the molecule is Cc1nc(NC(=O)N2CCC(C(=O)O)C2)sc1Cc1ccccc1F. The van der Waals surface area contributed by atoms with Crippen LogP contribution < -0.4 is 5.32 Å². The number of hydrogen-bond donors (Lipinski definition) is 2. The van der Waals surface area contributed by atoms with Crippen molar-refractivity contribution in [3.8, 4) is 0 Å². The highest BCUT2D eigenvalue weighted by Gasteiger charge is 2.31. The first-order valence-corrected chi connectivity index (χ1v) is 8.74. The van der Waals surface area contributed by atoms with Crippen molar-refractivity contribution < 1.29 is 19.1 Å². The van der Waals surface area contributed by atoms with Crippen molar-refractivity contribution in [3.05, 3.63) is 46.2 Å². The van der Waals surface area contributed by atoms with Gasteiger partial charge in [-0.1, -0.05) is 18.2 Å². The number of benzene rings is 1. The van der Waals surface area contributed by atoms with Gasteiger partial charge in [-0.05, 0) is 25.0 Å². The minimum absolute atomic E-state index is 0.202. The molecule has 1 aromatic heterocycles. The first-order valence-electron chi connectivity index (χ1n) is 7.92. The third-order valence-corrected chi connectivity index (χ3v) is 5.31. The van der Waals surface area contributed by atoms with Gasteiger partial charge in [0, 0.05) is 24.4 Å². The topological polar surface area (TPSA) is 82.5 Å². The average Bonchev–Trinajstić information content (AvgIpc) is 3.17. The van der Waals surface area contributed by atoms with Crippen molar-refractivity contribution in [1.82, 2.24) is 9.88 Å². The number of aliphatic carboxylic acids is 1. The van der Waals surface area contributed by atoms with E-state index in [1.54, 1.807) is 18.2 Å². The quantitative estimate of drug-likeness (QED) is 0.874. The molecule has 2 N–H and O–H groups in total. The fraction of sp³-hybridized carbons (Fsp3) is 0.353. The van der Waals surface area contributed by atoms with Crippen LogP contribution in [0.4, 0.5) is 14.3 Å². The smallest absolute Gasteiger partial charge is 0.323 e. The molecule has 1 saturated heterocycles. The maximum absolute atomic E-state index is 13.8. The monoisotopic (exact) mass is 363 g/mol. The fourth-order valence-corrected chi connectivity index (χ4v) is 3.75. The summed E-state index contributed by atoms with van der Waals surface area (Å²) in [4.78, 5) is 29.9. The molecule has 25 heavy (non-hydrogen) atoms. The van der Waals surface area contributed by atoms with E-state index in [4.69, 9.17) is 5.11 Å². The summed E-state index contributed by atoms with van der Waals surface area (Å²) in [7, 11) is 0. The number of rotatable bonds is 4. The minimum atomic E-state index is -0.882. The highest BCUT2D eigenvalue weighted by Crippen LogP contribution is 2.27. The van der Waals surface area contributed by atoms with E-state index in [1.165, 1.54) is 22.3 Å². The largest absolute Gasteiger partial charge is 0.481 e. The third-order valence-electron chi connectivity index (χ3n) is 4.24. The van der Waals surface area contributed by atoms with Gasteiger partial charge in [0.2, 0.25) is 0 Å². The summed E-state index contributed by atoms with van der Waals surface area (Å²) in [5.74, 6) is -1.66. The summed E-state index contributed by atoms with van der Waals surface area (Å²) < 4.78 is 13.8. The molecule has 1 fully saturated rings. The number of carbonyl (C=O) groups is 2. The van der Waals surface area contributed by atoms with Crippen molar-refractivity contribution in [2.45, 2.75) is 19.8 Å². The average molecular weight is 363 g/mol. The molecule has 0 saturated carbocycles. The van der Waals surface area contributed by atoms with Gasteiger partial charge in [-0.2, -0.15) is 0 Å². The molecule has 6 nitrogen and oxygen atoms in total. The van der Waals surface area contributed by atoms with Gasteiger partial charge < -0.3 is 10.0 Å². The van der Waals surface area contributed by atoms with E-state index < -0.39 is 11.9 Å². The van der Waals surface area contributed by atoms with Crippen LogP contribution in [-0.4, -0.2) is 40.1 Å². The minimum Gasteiger partial charge on any atom is -0.481 e. The number of urea groups is 1. The van der Waals surface area contributed by atoms with Crippen LogP contribution in [0.2, 0.25) is 0 Å². The van der Waals surface area contributed by atoms with Gasteiger partial charge in [0.1, 0.15) is 5.82 Å². The van der Waals surface area contributed by atoms with Crippen LogP contribution in [0.15, 0.2) is 24.3 Å². The Morgan fingerprint density at radius 2 is 2.20 bits per heavy atom. The number of nitrogens with zero attached hydrogens (tertiary/aromatic N) is 2. The Labute approximate surface area is 148 Å². The van der Waals surface area contributed by atoms with Crippen LogP contribution in [0.1, 0.15) is 22.6 Å². The second-order valence-corrected chi connectivity index (χ2v) is 7.08. The molecule has 8 heteroatoms. The molecule has 1 aliphatic rings. The highest BCUT2D eigenvalue weighted by atomic mass is 32.1. The van der Waals surface area contributed by atoms with Crippen LogP contribution in [0.3, 0.4) is 0 Å². The standard InChI is InChI=1S/C17H18FN3O3S/c1-10-14(8-11-4-2-3-5-13(11)18)25-16(19-10)20-17(24)21-7-6-12(9-21)15(22)23/h2-5,12H,6-9H2,1H3,(H,22,23)(H,19,20,24). The van der Waals surface area contributed by atoms with Gasteiger partial charge in [-0.25, -0.2) is 14.2 Å². The first-order chi connectivity index (χ1) is 11.9. The molecule has 2 heterocycles. The van der Waals surface area contributed by atoms with Gasteiger partial charge in [0.15, 0.2) is 5.13 Å². The van der Waals surface area contributed by atoms with Crippen molar-refractivity contribution in [3.63, 3.8) is 0 Å². The normalized spacial score (nSPS) is 16.9. The second kappa shape index (κ2) is 7.18. The molecule has 0 bridgehead atoms. The molecule has 2 aromatic rings. The second-order valence-electron chi connectivity index (χ2n) is 6.00. The highest BCUT2D eigenvalue weighted by molar-refractivity contribution is 7.15. The Hall–Kier alpha value is -2.48. The zero-order chi connectivity index (χ0) is 18.0. The zero-order valence-electron chi connectivity index (χ0n) is 13.7. The van der Waals surface area contributed by atoms with Crippen LogP contribution in [-0.2, 0) is 11.2 Å². The molecule has 1 aliphatic heterocycles. The number of anilines is 1. The first kappa shape index (κ1) is 17.3. The molecule has 1 atom stereocenters. The Morgan fingerprint density at radius 3 is 2.88 bits per heavy atom. The zero-order valence-corrected chi connectivity index (χ0v) is 14.5. The number of amides is 2. The van der Waals surface area contributed by atoms with Crippen molar-refractivity contribution in [2.24, 2.45) is 5.92 Å². The van der Waals surface area contributed by atoms with Gasteiger partial charge in [0.05, 0.1) is 11.6 Å². The summed E-state index contributed by atoms with van der Waals surface area (Å²) >= 11 is 1.30. The van der Waals surface area contributed by atoms with E-state index in [-0.39, 0.29) is 18.4 Å². The Bertz CT molecular complexity index is 808. The molecule has 0 aliphatic carbocycles. The number of carboxylic acids is 1. The summed E-state index contributed by atoms with van der Waals surface area (Å²) in [5.41, 5.74) is 1.32.